The fourth-order valence-corrected chi connectivity index (χ4v) is 3.26. The van der Waals surface area contributed by atoms with Gasteiger partial charge in [0.05, 0.1) is 10.2 Å². The molecule has 0 atom stereocenters. The molecule has 3 heterocycles. The lowest BCUT2D eigenvalue weighted by atomic mass is 10.2. The van der Waals surface area contributed by atoms with E-state index in [-0.39, 0.29) is 5.56 Å². The van der Waals surface area contributed by atoms with Gasteiger partial charge in [-0.3, -0.25) is 4.79 Å². The number of aromatic amines is 1. The van der Waals surface area contributed by atoms with Crippen molar-refractivity contribution in [3.05, 3.63) is 36.8 Å². The standard InChI is InChI=1S/C10H6Br2N2O2S/c11-5-1-7(16-8(5)12)9-13-6-3-17-2-4(6)10(15)14-9/h1H,2-3H2,(H,13,14,15). The molecule has 0 saturated carbocycles. The molecule has 17 heavy (non-hydrogen) atoms. The maximum Gasteiger partial charge on any atom is 0.255 e. The third-order valence-electron chi connectivity index (χ3n) is 2.46. The number of fused-ring (bicyclic) bond motifs is 1. The first-order chi connectivity index (χ1) is 8.15. The van der Waals surface area contributed by atoms with Crippen LogP contribution in [0.3, 0.4) is 0 Å². The molecule has 88 valence electrons. The summed E-state index contributed by atoms with van der Waals surface area (Å²) in [6.45, 7) is 0. The number of furan rings is 1. The first kappa shape index (κ1) is 11.6. The first-order valence-electron chi connectivity index (χ1n) is 4.80. The third-order valence-corrected chi connectivity index (χ3v) is 5.15. The summed E-state index contributed by atoms with van der Waals surface area (Å²) in [7, 11) is 0. The van der Waals surface area contributed by atoms with Gasteiger partial charge in [0.1, 0.15) is 0 Å². The van der Waals surface area contributed by atoms with Crippen LogP contribution in [0.4, 0.5) is 0 Å². The van der Waals surface area contributed by atoms with E-state index in [1.807, 2.05) is 0 Å². The van der Waals surface area contributed by atoms with Crippen LogP contribution in [0.2, 0.25) is 0 Å². The Morgan fingerprint density at radius 2 is 2.24 bits per heavy atom. The van der Waals surface area contributed by atoms with Gasteiger partial charge in [-0.2, -0.15) is 11.8 Å². The number of hydrogen-bond donors (Lipinski definition) is 1. The Morgan fingerprint density at radius 1 is 1.41 bits per heavy atom. The summed E-state index contributed by atoms with van der Waals surface area (Å²) in [6, 6.07) is 1.77. The zero-order valence-corrected chi connectivity index (χ0v) is 12.4. The average molecular weight is 378 g/mol. The van der Waals surface area contributed by atoms with Crippen LogP contribution in [0.1, 0.15) is 11.3 Å². The minimum Gasteiger partial charge on any atom is -0.445 e. The normalized spacial score (nSPS) is 14.0. The average Bonchev–Trinajstić information content (AvgIpc) is 2.87. The Balaban J connectivity index is 2.16. The Labute approximate surface area is 117 Å². The molecule has 1 N–H and O–H groups in total. The molecule has 2 aromatic heterocycles. The van der Waals surface area contributed by atoms with Crippen molar-refractivity contribution in [1.29, 1.82) is 0 Å². The monoisotopic (exact) mass is 376 g/mol. The summed E-state index contributed by atoms with van der Waals surface area (Å²) in [5.74, 6) is 2.54. The first-order valence-corrected chi connectivity index (χ1v) is 7.54. The van der Waals surface area contributed by atoms with Crippen LogP contribution in [-0.4, -0.2) is 9.97 Å². The lowest BCUT2D eigenvalue weighted by Gasteiger charge is -1.99. The van der Waals surface area contributed by atoms with Crippen LogP contribution in [0.25, 0.3) is 11.6 Å². The van der Waals surface area contributed by atoms with E-state index >= 15 is 0 Å². The van der Waals surface area contributed by atoms with Gasteiger partial charge >= 0.3 is 0 Å². The summed E-state index contributed by atoms with van der Waals surface area (Å²) in [5, 5.41) is 0. The SMILES string of the molecule is O=c1[nH]c(-c2cc(Br)c(Br)o2)nc2c1CSC2. The minimum absolute atomic E-state index is 0.0707. The summed E-state index contributed by atoms with van der Waals surface area (Å²) < 4.78 is 6.83. The van der Waals surface area contributed by atoms with Crippen molar-refractivity contribution < 1.29 is 4.42 Å². The van der Waals surface area contributed by atoms with E-state index < -0.39 is 0 Å². The van der Waals surface area contributed by atoms with Crippen molar-refractivity contribution in [2.24, 2.45) is 0 Å². The molecule has 4 nitrogen and oxygen atoms in total. The number of H-pyrrole nitrogens is 1. The molecule has 0 amide bonds. The van der Waals surface area contributed by atoms with E-state index in [2.05, 4.69) is 41.8 Å². The van der Waals surface area contributed by atoms with Crippen LogP contribution in [0, 0.1) is 0 Å². The summed E-state index contributed by atoms with van der Waals surface area (Å²) in [6.07, 6.45) is 0. The number of rotatable bonds is 1. The Bertz CT molecular complexity index is 631. The minimum atomic E-state index is -0.0707. The molecular weight excluding hydrogens is 372 g/mol. The number of aromatic nitrogens is 2. The van der Waals surface area contributed by atoms with Gasteiger partial charge in [0.2, 0.25) is 0 Å². The van der Waals surface area contributed by atoms with Crippen molar-refractivity contribution in [1.82, 2.24) is 9.97 Å². The Kier molecular flexibility index (Phi) is 2.92. The topological polar surface area (TPSA) is 58.9 Å². The van der Waals surface area contributed by atoms with Crippen LogP contribution in [0.5, 0.6) is 0 Å². The molecule has 0 fully saturated rings. The Morgan fingerprint density at radius 3 is 2.94 bits per heavy atom. The van der Waals surface area contributed by atoms with Gasteiger partial charge in [0, 0.05) is 23.1 Å². The highest BCUT2D eigenvalue weighted by molar-refractivity contribution is 9.13. The second-order valence-corrected chi connectivity index (χ2v) is 6.13. The van der Waals surface area contributed by atoms with E-state index in [1.165, 1.54) is 0 Å². The maximum atomic E-state index is 11.8. The Hall–Kier alpha value is -0.530. The highest BCUT2D eigenvalue weighted by Crippen LogP contribution is 2.32. The molecule has 0 aromatic carbocycles. The van der Waals surface area contributed by atoms with Crippen molar-refractivity contribution in [3.8, 4) is 11.6 Å². The highest BCUT2D eigenvalue weighted by atomic mass is 79.9. The summed E-state index contributed by atoms with van der Waals surface area (Å²) >= 11 is 8.28. The van der Waals surface area contributed by atoms with E-state index in [4.69, 9.17) is 4.42 Å². The molecule has 0 spiro atoms. The van der Waals surface area contributed by atoms with Crippen molar-refractivity contribution in [2.75, 3.05) is 0 Å². The van der Waals surface area contributed by atoms with Crippen molar-refractivity contribution in [3.63, 3.8) is 0 Å². The molecule has 0 bridgehead atoms. The van der Waals surface area contributed by atoms with Gasteiger partial charge in [-0.15, -0.1) is 0 Å². The zero-order chi connectivity index (χ0) is 12.0. The van der Waals surface area contributed by atoms with Crippen LogP contribution in [0.15, 0.2) is 24.4 Å². The molecule has 0 aliphatic carbocycles. The second-order valence-electron chi connectivity index (χ2n) is 3.56. The van der Waals surface area contributed by atoms with Crippen LogP contribution < -0.4 is 5.56 Å². The molecule has 0 saturated heterocycles. The molecule has 2 aromatic rings. The maximum absolute atomic E-state index is 11.8. The summed E-state index contributed by atoms with van der Waals surface area (Å²) in [5.41, 5.74) is 1.57. The second kappa shape index (κ2) is 4.29. The van der Waals surface area contributed by atoms with Gasteiger partial charge in [-0.05, 0) is 31.9 Å². The van der Waals surface area contributed by atoms with Gasteiger partial charge in [0.15, 0.2) is 16.3 Å². The predicted molar refractivity (Wildman–Crippen MR) is 73.0 cm³/mol. The van der Waals surface area contributed by atoms with Crippen molar-refractivity contribution >= 4 is 43.6 Å². The largest absolute Gasteiger partial charge is 0.445 e. The predicted octanol–water partition coefficient (Wildman–Crippen LogP) is 3.30. The molecular formula is C10H6Br2N2O2S. The van der Waals surface area contributed by atoms with E-state index in [0.717, 1.165) is 27.2 Å². The summed E-state index contributed by atoms with van der Waals surface area (Å²) in [4.78, 5) is 19.0. The third kappa shape index (κ3) is 2.00. The van der Waals surface area contributed by atoms with Gasteiger partial charge in [0.25, 0.3) is 5.56 Å². The number of nitrogens with one attached hydrogen (secondary N) is 1. The van der Waals surface area contributed by atoms with Crippen LogP contribution >= 0.6 is 43.6 Å². The number of hydrogen-bond acceptors (Lipinski definition) is 4. The molecule has 0 unspecified atom stereocenters. The molecule has 3 rings (SSSR count). The lowest BCUT2D eigenvalue weighted by Crippen LogP contribution is -2.14. The van der Waals surface area contributed by atoms with Crippen molar-refractivity contribution in [2.45, 2.75) is 11.5 Å². The zero-order valence-electron chi connectivity index (χ0n) is 8.42. The quantitative estimate of drug-likeness (QED) is 0.828. The highest BCUT2D eigenvalue weighted by Gasteiger charge is 2.19. The molecule has 1 aliphatic heterocycles. The van der Waals surface area contributed by atoms with E-state index in [1.54, 1.807) is 17.8 Å². The fourth-order valence-electron chi connectivity index (χ4n) is 1.64. The molecule has 0 radical (unpaired) electrons. The lowest BCUT2D eigenvalue weighted by molar-refractivity contribution is 0.548. The smallest absolute Gasteiger partial charge is 0.255 e. The number of halogens is 2. The molecule has 7 heteroatoms. The van der Waals surface area contributed by atoms with E-state index in [9.17, 15) is 4.79 Å². The van der Waals surface area contributed by atoms with Gasteiger partial charge in [-0.1, -0.05) is 0 Å². The number of thioether (sulfide) groups is 1. The number of nitrogens with zero attached hydrogens (tertiary/aromatic N) is 1. The van der Waals surface area contributed by atoms with Gasteiger partial charge < -0.3 is 9.40 Å². The van der Waals surface area contributed by atoms with E-state index in [0.29, 0.717) is 16.3 Å². The van der Waals surface area contributed by atoms with Gasteiger partial charge in [-0.25, -0.2) is 4.98 Å². The molecule has 1 aliphatic rings. The van der Waals surface area contributed by atoms with Crippen LogP contribution in [-0.2, 0) is 11.5 Å². The fraction of sp³-hybridized carbons (Fsp3) is 0.200.